The number of para-hydroxylation sites is 2. The number of phenols is 1. The van der Waals surface area contributed by atoms with E-state index >= 15 is 0 Å². The van der Waals surface area contributed by atoms with Crippen LogP contribution in [-0.2, 0) is 4.79 Å². The molecule has 5 rings (SSSR count). The summed E-state index contributed by atoms with van der Waals surface area (Å²) in [5, 5.41) is 15.4. The van der Waals surface area contributed by atoms with Crippen LogP contribution in [0.25, 0.3) is 6.08 Å². The summed E-state index contributed by atoms with van der Waals surface area (Å²) in [5.74, 6) is -0.0298. The highest BCUT2D eigenvalue weighted by Gasteiger charge is 2.33. The maximum atomic E-state index is 13.7. The van der Waals surface area contributed by atoms with E-state index in [1.54, 1.807) is 35.8 Å². The van der Waals surface area contributed by atoms with Gasteiger partial charge in [0, 0.05) is 16.1 Å². The molecule has 1 aliphatic heterocycles. The second-order valence-corrected chi connectivity index (χ2v) is 10.3. The molecule has 182 valence electrons. The van der Waals surface area contributed by atoms with Crippen LogP contribution in [0.3, 0.4) is 0 Å². The summed E-state index contributed by atoms with van der Waals surface area (Å²) in [6.07, 6.45) is 1.62. The van der Waals surface area contributed by atoms with E-state index in [-0.39, 0.29) is 17.2 Å². The van der Waals surface area contributed by atoms with E-state index in [0.29, 0.717) is 37.6 Å². The molecule has 2 aromatic carbocycles. The number of aromatic hydroxyl groups is 1. The number of nitrogens with one attached hydrogen (secondary N) is 1. The van der Waals surface area contributed by atoms with Crippen LogP contribution >= 0.6 is 22.7 Å². The van der Waals surface area contributed by atoms with Gasteiger partial charge in [-0.2, -0.15) is 0 Å². The van der Waals surface area contributed by atoms with Crippen molar-refractivity contribution in [1.82, 2.24) is 4.57 Å². The minimum Gasteiger partial charge on any atom is -0.504 e. The van der Waals surface area contributed by atoms with Crippen molar-refractivity contribution in [3.63, 3.8) is 0 Å². The van der Waals surface area contributed by atoms with Gasteiger partial charge in [0.15, 0.2) is 16.3 Å². The summed E-state index contributed by atoms with van der Waals surface area (Å²) in [4.78, 5) is 33.3. The molecule has 0 radical (unpaired) electrons. The standard InChI is InChI=1S/C27H23N3O4S2/c1-15-8-4-5-10-18(15)29-25(32)22-16(2)28-27-30(23(22)20-12-7-13-35-20)26(33)21(36-27)14-17-9-6-11-19(34-3)24(17)31/h4-14,23,31H,1-3H3,(H,29,32)/b21-14+/t23-/m0/s1. The van der Waals surface area contributed by atoms with Crippen molar-refractivity contribution in [2.75, 3.05) is 12.4 Å². The molecule has 1 atom stereocenters. The van der Waals surface area contributed by atoms with Crippen molar-refractivity contribution in [3.05, 3.63) is 107 Å². The van der Waals surface area contributed by atoms with Crippen LogP contribution in [0.15, 0.2) is 81.0 Å². The van der Waals surface area contributed by atoms with Gasteiger partial charge in [-0.1, -0.05) is 47.7 Å². The number of hydrogen-bond acceptors (Lipinski definition) is 7. The maximum Gasteiger partial charge on any atom is 0.271 e. The summed E-state index contributed by atoms with van der Waals surface area (Å²) in [6.45, 7) is 3.72. The number of benzene rings is 2. The van der Waals surface area contributed by atoms with Gasteiger partial charge < -0.3 is 15.2 Å². The topological polar surface area (TPSA) is 92.9 Å². The summed E-state index contributed by atoms with van der Waals surface area (Å²) >= 11 is 2.70. The third-order valence-corrected chi connectivity index (χ3v) is 7.92. The summed E-state index contributed by atoms with van der Waals surface area (Å²) in [7, 11) is 1.47. The number of methoxy groups -OCH3 is 1. The Labute approximate surface area is 215 Å². The van der Waals surface area contributed by atoms with Gasteiger partial charge >= 0.3 is 0 Å². The lowest BCUT2D eigenvalue weighted by Gasteiger charge is -2.24. The molecule has 0 saturated carbocycles. The van der Waals surface area contributed by atoms with Crippen LogP contribution in [-0.4, -0.2) is 22.7 Å². The van der Waals surface area contributed by atoms with Gasteiger partial charge in [0.2, 0.25) is 0 Å². The molecule has 0 unspecified atom stereocenters. The maximum absolute atomic E-state index is 13.7. The van der Waals surface area contributed by atoms with Crippen molar-refractivity contribution >= 4 is 40.3 Å². The third-order valence-electron chi connectivity index (χ3n) is 6.01. The smallest absolute Gasteiger partial charge is 0.271 e. The van der Waals surface area contributed by atoms with Crippen molar-refractivity contribution in [3.8, 4) is 11.5 Å². The van der Waals surface area contributed by atoms with Crippen molar-refractivity contribution in [2.45, 2.75) is 19.9 Å². The molecule has 1 amide bonds. The zero-order chi connectivity index (χ0) is 25.4. The second kappa shape index (κ2) is 9.60. The highest BCUT2D eigenvalue weighted by atomic mass is 32.1. The molecule has 1 aliphatic rings. The Balaban J connectivity index is 1.66. The largest absolute Gasteiger partial charge is 0.504 e. The molecule has 36 heavy (non-hydrogen) atoms. The molecule has 9 heteroatoms. The summed E-state index contributed by atoms with van der Waals surface area (Å²) in [6, 6.07) is 15.8. The Hall–Kier alpha value is -3.95. The monoisotopic (exact) mass is 517 g/mol. The first-order valence-corrected chi connectivity index (χ1v) is 12.9. The molecule has 0 fully saturated rings. The molecule has 4 aromatic rings. The van der Waals surface area contributed by atoms with Crippen molar-refractivity contribution in [2.24, 2.45) is 4.99 Å². The van der Waals surface area contributed by atoms with Crippen LogP contribution in [0.2, 0.25) is 0 Å². The van der Waals surface area contributed by atoms with Crippen molar-refractivity contribution < 1.29 is 14.6 Å². The number of thiophene rings is 1. The van der Waals surface area contributed by atoms with Crippen molar-refractivity contribution in [1.29, 1.82) is 0 Å². The Kier molecular flexibility index (Phi) is 6.34. The number of allylic oxidation sites excluding steroid dienone is 1. The van der Waals surface area contributed by atoms with E-state index in [1.165, 1.54) is 29.8 Å². The number of thiazole rings is 1. The lowest BCUT2D eigenvalue weighted by Crippen LogP contribution is -2.40. The van der Waals surface area contributed by atoms with Crippen LogP contribution < -0.4 is 24.9 Å². The van der Waals surface area contributed by atoms with Crippen LogP contribution in [0.1, 0.15) is 29.0 Å². The molecule has 0 bridgehead atoms. The van der Waals surface area contributed by atoms with E-state index in [4.69, 9.17) is 4.74 Å². The number of amides is 1. The molecule has 3 heterocycles. The Bertz CT molecular complexity index is 1680. The predicted molar refractivity (Wildman–Crippen MR) is 143 cm³/mol. The van der Waals surface area contributed by atoms with Gasteiger partial charge in [0.05, 0.1) is 22.9 Å². The number of carbonyl (C=O) groups excluding carboxylic acids is 1. The normalized spacial score (nSPS) is 15.4. The average molecular weight is 518 g/mol. The highest BCUT2D eigenvalue weighted by Crippen LogP contribution is 2.34. The van der Waals surface area contributed by atoms with E-state index in [0.717, 1.165) is 10.4 Å². The number of aromatic nitrogens is 1. The number of nitrogens with zero attached hydrogens (tertiary/aromatic N) is 2. The molecule has 0 spiro atoms. The molecule has 0 aliphatic carbocycles. The van der Waals surface area contributed by atoms with E-state index in [9.17, 15) is 14.7 Å². The lowest BCUT2D eigenvalue weighted by atomic mass is 10.0. The first kappa shape index (κ1) is 23.8. The lowest BCUT2D eigenvalue weighted by molar-refractivity contribution is -0.113. The fourth-order valence-electron chi connectivity index (χ4n) is 4.19. The Morgan fingerprint density at radius 1 is 1.14 bits per heavy atom. The second-order valence-electron chi connectivity index (χ2n) is 8.26. The van der Waals surface area contributed by atoms with Gasteiger partial charge in [-0.05, 0) is 49.1 Å². The zero-order valence-corrected chi connectivity index (χ0v) is 21.4. The van der Waals surface area contributed by atoms with Gasteiger partial charge in [-0.3, -0.25) is 14.2 Å². The Morgan fingerprint density at radius 3 is 2.67 bits per heavy atom. The minimum atomic E-state index is -0.619. The molecule has 2 aromatic heterocycles. The van der Waals surface area contributed by atoms with E-state index < -0.39 is 6.04 Å². The molecular weight excluding hydrogens is 494 g/mol. The predicted octanol–water partition coefficient (Wildman–Crippen LogP) is 3.96. The average Bonchev–Trinajstić information content (AvgIpc) is 3.49. The van der Waals surface area contributed by atoms with Crippen LogP contribution in [0.5, 0.6) is 11.5 Å². The van der Waals surface area contributed by atoms with E-state index in [2.05, 4.69) is 10.3 Å². The number of phenolic OH excluding ortho intramolecular Hbond substituents is 1. The van der Waals surface area contributed by atoms with Gasteiger partial charge in [0.1, 0.15) is 6.04 Å². The number of carbonyl (C=O) groups is 1. The Morgan fingerprint density at radius 2 is 1.94 bits per heavy atom. The summed E-state index contributed by atoms with van der Waals surface area (Å²) in [5.41, 5.74) is 2.79. The van der Waals surface area contributed by atoms with Gasteiger partial charge in [-0.25, -0.2) is 4.99 Å². The molecule has 0 saturated heterocycles. The minimum absolute atomic E-state index is 0.0462. The first-order valence-electron chi connectivity index (χ1n) is 11.2. The number of rotatable bonds is 5. The summed E-state index contributed by atoms with van der Waals surface area (Å²) < 4.78 is 7.16. The molecule has 7 nitrogen and oxygen atoms in total. The van der Waals surface area contributed by atoms with Crippen LogP contribution in [0.4, 0.5) is 5.69 Å². The fraction of sp³-hybridized carbons (Fsp3) is 0.148. The fourth-order valence-corrected chi connectivity index (χ4v) is 6.05. The SMILES string of the molecule is COc1cccc(/C=c2/sc3n(c2=O)[C@@H](c2cccs2)C(C(=O)Nc2ccccc2C)=C(C)N=3)c1O. The number of aryl methyl sites for hydroxylation is 1. The number of fused-ring (bicyclic) bond motifs is 1. The zero-order valence-electron chi connectivity index (χ0n) is 19.8. The highest BCUT2D eigenvalue weighted by molar-refractivity contribution is 7.10. The third kappa shape index (κ3) is 4.16. The van der Waals surface area contributed by atoms with Crippen LogP contribution in [0, 0.1) is 6.92 Å². The van der Waals surface area contributed by atoms with E-state index in [1.807, 2.05) is 48.7 Å². The number of ether oxygens (including phenoxy) is 1. The quantitative estimate of drug-likeness (QED) is 0.419. The number of anilines is 1. The first-order chi connectivity index (χ1) is 17.4. The molecule has 2 N–H and O–H groups in total. The number of hydrogen-bond donors (Lipinski definition) is 2. The van der Waals surface area contributed by atoms with Gasteiger partial charge in [0.25, 0.3) is 11.5 Å². The molecular formula is C27H23N3O4S2. The van der Waals surface area contributed by atoms with Gasteiger partial charge in [-0.15, -0.1) is 11.3 Å².